The molecule has 2 rings (SSSR count). The van der Waals surface area contributed by atoms with Gasteiger partial charge in [-0.2, -0.15) is 13.2 Å². The van der Waals surface area contributed by atoms with Crippen molar-refractivity contribution in [1.82, 2.24) is 9.13 Å². The standard InChI is InChI=1S/C20H23F3N5O5/c1-4-7-14-17(25(2)19(30)26(3)18(14)29)24-10-5-6-11-27(31)13-8-9-16(28(32)33)15(12-13)20(21,22)23/h8-10,12H,4-7,11H2,1-3H3/q-1. The lowest BCUT2D eigenvalue weighted by Gasteiger charge is -2.31. The summed E-state index contributed by atoms with van der Waals surface area (Å²) in [6, 6.07) is 2.06. The van der Waals surface area contributed by atoms with Gasteiger partial charge in [-0.15, -0.1) is 0 Å². The molecule has 0 aliphatic heterocycles. The lowest BCUT2D eigenvalue weighted by molar-refractivity contribution is -0.388. The number of nitro benzene ring substituents is 1. The van der Waals surface area contributed by atoms with Crippen molar-refractivity contribution >= 4 is 23.4 Å². The van der Waals surface area contributed by atoms with Gasteiger partial charge in [-0.25, -0.2) is 9.79 Å². The van der Waals surface area contributed by atoms with Crippen LogP contribution in [0, 0.1) is 15.3 Å². The molecule has 180 valence electrons. The molecule has 0 bridgehead atoms. The molecule has 1 aromatic carbocycles. The summed E-state index contributed by atoms with van der Waals surface area (Å²) >= 11 is 0. The van der Waals surface area contributed by atoms with Crippen molar-refractivity contribution in [2.24, 2.45) is 19.1 Å². The zero-order valence-electron chi connectivity index (χ0n) is 18.3. The van der Waals surface area contributed by atoms with Gasteiger partial charge >= 0.3 is 11.9 Å². The summed E-state index contributed by atoms with van der Waals surface area (Å²) in [4.78, 5) is 38.4. The first kappa shape index (κ1) is 25.8. The number of nitro groups is 1. The summed E-state index contributed by atoms with van der Waals surface area (Å²) in [5.41, 5.74) is -3.57. The van der Waals surface area contributed by atoms with Gasteiger partial charge in [0.2, 0.25) is 0 Å². The Morgan fingerprint density at radius 1 is 1.21 bits per heavy atom. The van der Waals surface area contributed by atoms with Crippen LogP contribution in [-0.4, -0.2) is 26.8 Å². The van der Waals surface area contributed by atoms with Crippen molar-refractivity contribution in [3.63, 3.8) is 0 Å². The van der Waals surface area contributed by atoms with E-state index in [0.29, 0.717) is 35.6 Å². The summed E-state index contributed by atoms with van der Waals surface area (Å²) in [5, 5.41) is 23.3. The van der Waals surface area contributed by atoms with E-state index in [-0.39, 0.29) is 30.9 Å². The first-order chi connectivity index (χ1) is 15.4. The van der Waals surface area contributed by atoms with E-state index < -0.39 is 33.6 Å². The Morgan fingerprint density at radius 2 is 1.88 bits per heavy atom. The molecule has 0 aliphatic carbocycles. The normalized spacial score (nSPS) is 11.8. The van der Waals surface area contributed by atoms with Gasteiger partial charge in [0.25, 0.3) is 11.2 Å². The molecule has 33 heavy (non-hydrogen) atoms. The second-order valence-corrected chi connectivity index (χ2v) is 7.27. The molecule has 2 aromatic rings. The molecule has 0 radical (unpaired) electrons. The third kappa shape index (κ3) is 5.86. The summed E-state index contributed by atoms with van der Waals surface area (Å²) in [5.74, 6) is 0.217. The Balaban J connectivity index is 2.13. The third-order valence-corrected chi connectivity index (χ3v) is 4.90. The SMILES string of the molecule is CCCc1c(N=CCCCN([O-])c2ccc([N+](=O)[O-])c(C(F)(F)F)c2)n(C)c(=O)n(C)c1=O. The molecule has 0 N–H and O–H groups in total. The number of hydroxylamine groups is 1. The van der Waals surface area contributed by atoms with Crippen LogP contribution in [0.4, 0.5) is 30.4 Å². The minimum Gasteiger partial charge on any atom is -0.758 e. The molecule has 13 heteroatoms. The minimum atomic E-state index is -4.98. The number of benzene rings is 1. The Labute approximate surface area is 186 Å². The molecule has 0 fully saturated rings. The van der Waals surface area contributed by atoms with Gasteiger partial charge in [0, 0.05) is 38.6 Å². The number of anilines is 1. The molecule has 1 aromatic heterocycles. The molecular weight excluding hydrogens is 447 g/mol. The van der Waals surface area contributed by atoms with Gasteiger partial charge in [-0.1, -0.05) is 13.3 Å². The van der Waals surface area contributed by atoms with Crippen LogP contribution in [0.15, 0.2) is 32.8 Å². The molecule has 0 amide bonds. The maximum absolute atomic E-state index is 13.1. The Hall–Kier alpha value is -3.48. The fourth-order valence-electron chi connectivity index (χ4n) is 3.21. The van der Waals surface area contributed by atoms with Crippen LogP contribution >= 0.6 is 0 Å². The highest BCUT2D eigenvalue weighted by Gasteiger charge is 2.38. The predicted octanol–water partition coefficient (Wildman–Crippen LogP) is 3.45. The topological polar surface area (TPSA) is 126 Å². The lowest BCUT2D eigenvalue weighted by atomic mass is 10.1. The van der Waals surface area contributed by atoms with Crippen LogP contribution in [0.3, 0.4) is 0 Å². The van der Waals surface area contributed by atoms with E-state index in [1.165, 1.54) is 24.9 Å². The maximum Gasteiger partial charge on any atom is 0.423 e. The van der Waals surface area contributed by atoms with Crippen molar-refractivity contribution < 1.29 is 18.1 Å². The van der Waals surface area contributed by atoms with Crippen LogP contribution in [0.2, 0.25) is 0 Å². The smallest absolute Gasteiger partial charge is 0.423 e. The highest BCUT2D eigenvalue weighted by Crippen LogP contribution is 2.38. The first-order valence-electron chi connectivity index (χ1n) is 10.0. The summed E-state index contributed by atoms with van der Waals surface area (Å²) in [6.07, 6.45) is -2.03. The van der Waals surface area contributed by atoms with E-state index in [1.807, 2.05) is 6.92 Å². The molecule has 0 atom stereocenters. The molecule has 0 saturated carbocycles. The van der Waals surface area contributed by atoms with E-state index >= 15 is 0 Å². The van der Waals surface area contributed by atoms with E-state index in [1.54, 1.807) is 0 Å². The molecule has 0 spiro atoms. The summed E-state index contributed by atoms with van der Waals surface area (Å²) < 4.78 is 41.5. The van der Waals surface area contributed by atoms with Gasteiger partial charge in [-0.05, 0) is 31.4 Å². The number of nitrogens with zero attached hydrogens (tertiary/aromatic N) is 5. The highest BCUT2D eigenvalue weighted by atomic mass is 19.4. The number of rotatable bonds is 9. The number of unbranched alkanes of at least 4 members (excludes halogenated alkanes) is 1. The largest absolute Gasteiger partial charge is 0.758 e. The predicted molar refractivity (Wildman–Crippen MR) is 117 cm³/mol. The van der Waals surface area contributed by atoms with Crippen molar-refractivity contribution in [2.45, 2.75) is 38.8 Å². The molecule has 1 heterocycles. The zero-order chi connectivity index (χ0) is 24.9. The van der Waals surface area contributed by atoms with Crippen molar-refractivity contribution in [1.29, 1.82) is 0 Å². The van der Waals surface area contributed by atoms with Crippen LogP contribution in [0.1, 0.15) is 37.3 Å². The third-order valence-electron chi connectivity index (χ3n) is 4.90. The van der Waals surface area contributed by atoms with Crippen LogP contribution < -0.4 is 16.3 Å². The van der Waals surface area contributed by atoms with Gasteiger partial charge < -0.3 is 10.3 Å². The molecule has 0 saturated heterocycles. The molecule has 10 nitrogen and oxygen atoms in total. The fraction of sp³-hybridized carbons (Fsp3) is 0.450. The van der Waals surface area contributed by atoms with E-state index in [4.69, 9.17) is 0 Å². The van der Waals surface area contributed by atoms with Gasteiger partial charge in [-0.3, -0.25) is 24.0 Å². The maximum atomic E-state index is 13.1. The summed E-state index contributed by atoms with van der Waals surface area (Å²) in [6.45, 7) is 1.68. The minimum absolute atomic E-state index is 0.196. The van der Waals surface area contributed by atoms with Gasteiger partial charge in [0.15, 0.2) is 0 Å². The second kappa shape index (κ2) is 10.4. The average molecular weight is 470 g/mol. The van der Waals surface area contributed by atoms with Crippen molar-refractivity contribution in [3.05, 3.63) is 65.5 Å². The fourth-order valence-corrected chi connectivity index (χ4v) is 3.21. The number of alkyl halides is 3. The number of hydrogen-bond acceptors (Lipinski definition) is 7. The lowest BCUT2D eigenvalue weighted by Crippen LogP contribution is -2.38. The second-order valence-electron chi connectivity index (χ2n) is 7.27. The Bertz CT molecular complexity index is 1170. The van der Waals surface area contributed by atoms with Crippen LogP contribution in [-0.2, 0) is 26.7 Å². The number of aliphatic imine (C=N–C) groups is 1. The van der Waals surface area contributed by atoms with E-state index in [9.17, 15) is 38.1 Å². The number of aromatic nitrogens is 2. The van der Waals surface area contributed by atoms with Gasteiger partial charge in [0.05, 0.1) is 10.5 Å². The highest BCUT2D eigenvalue weighted by molar-refractivity contribution is 5.63. The monoisotopic (exact) mass is 470 g/mol. The van der Waals surface area contributed by atoms with E-state index in [0.717, 1.165) is 10.6 Å². The number of hydrogen-bond donors (Lipinski definition) is 0. The first-order valence-corrected chi connectivity index (χ1v) is 10.0. The van der Waals surface area contributed by atoms with Gasteiger partial charge in [0.1, 0.15) is 11.4 Å². The number of halogens is 3. The average Bonchev–Trinajstić information content (AvgIpc) is 2.76. The zero-order valence-corrected chi connectivity index (χ0v) is 18.3. The molecule has 0 unspecified atom stereocenters. The summed E-state index contributed by atoms with van der Waals surface area (Å²) in [7, 11) is 2.86. The molecular formula is C20H23F3N5O5-. The molecule has 0 aliphatic rings. The Morgan fingerprint density at radius 3 is 2.45 bits per heavy atom. The quantitative estimate of drug-likeness (QED) is 0.239. The van der Waals surface area contributed by atoms with Crippen LogP contribution in [0.25, 0.3) is 0 Å². The van der Waals surface area contributed by atoms with Crippen molar-refractivity contribution in [3.8, 4) is 0 Å². The van der Waals surface area contributed by atoms with Crippen molar-refractivity contribution in [2.75, 3.05) is 11.6 Å². The van der Waals surface area contributed by atoms with E-state index in [2.05, 4.69) is 4.99 Å². The Kier molecular flexibility index (Phi) is 8.14. The van der Waals surface area contributed by atoms with Crippen LogP contribution in [0.5, 0.6) is 0 Å².